The van der Waals surface area contributed by atoms with Crippen LogP contribution in [-0.4, -0.2) is 43.9 Å². The summed E-state index contributed by atoms with van der Waals surface area (Å²) in [5.41, 5.74) is 4.63. The second kappa shape index (κ2) is 9.23. The van der Waals surface area contributed by atoms with Gasteiger partial charge in [0.1, 0.15) is 0 Å². The quantitative estimate of drug-likeness (QED) is 0.364. The van der Waals surface area contributed by atoms with Gasteiger partial charge in [0.25, 0.3) is 0 Å². The van der Waals surface area contributed by atoms with Gasteiger partial charge in [-0.2, -0.15) is 0 Å². The van der Waals surface area contributed by atoms with Crippen LogP contribution in [0, 0.1) is 6.92 Å². The molecular formula is C22H28N4O3. The number of fused-ring (bicyclic) bond motifs is 1. The molecule has 0 aliphatic carbocycles. The topological polar surface area (TPSA) is 90.9 Å². The van der Waals surface area contributed by atoms with Crippen molar-refractivity contribution in [2.24, 2.45) is 4.99 Å². The lowest BCUT2D eigenvalue weighted by molar-refractivity contribution is 0.339. The average Bonchev–Trinajstić information content (AvgIpc) is 3.15. The maximum atomic E-state index is 10.0. The van der Waals surface area contributed by atoms with E-state index in [1.54, 1.807) is 19.2 Å². The second-order valence-corrected chi connectivity index (χ2v) is 6.76. The summed E-state index contributed by atoms with van der Waals surface area (Å²) in [7, 11) is 4.76. The number of hydrogen-bond donors (Lipinski definition) is 4. The number of rotatable bonds is 7. The highest BCUT2D eigenvalue weighted by Gasteiger charge is 2.11. The lowest BCUT2D eigenvalue weighted by Gasteiger charge is -2.14. The van der Waals surface area contributed by atoms with Gasteiger partial charge in [-0.25, -0.2) is 0 Å². The number of ether oxygens (including phenoxy) is 2. The zero-order valence-corrected chi connectivity index (χ0v) is 17.3. The number of aromatic hydroxyl groups is 1. The number of nitrogens with one attached hydrogen (secondary N) is 3. The van der Waals surface area contributed by atoms with Gasteiger partial charge in [0.05, 0.1) is 14.2 Å². The standard InChI is InChI=1S/C22H28N4O3/c1-14-6-5-7-17-20(14)16(13-25-17)8-9-24-22(23-2)26-12-15-10-18(28-3)21(27)19(11-15)29-4/h5-7,10-11,13,25,27H,8-9,12H2,1-4H3,(H2,23,24,26). The summed E-state index contributed by atoms with van der Waals surface area (Å²) in [4.78, 5) is 7.62. The third kappa shape index (κ3) is 4.56. The molecule has 29 heavy (non-hydrogen) atoms. The highest BCUT2D eigenvalue weighted by Crippen LogP contribution is 2.37. The Kier molecular flexibility index (Phi) is 6.49. The van der Waals surface area contributed by atoms with E-state index < -0.39 is 0 Å². The number of nitrogens with zero attached hydrogens (tertiary/aromatic N) is 1. The van der Waals surface area contributed by atoms with Gasteiger partial charge >= 0.3 is 0 Å². The Balaban J connectivity index is 1.59. The highest BCUT2D eigenvalue weighted by molar-refractivity contribution is 5.86. The lowest BCUT2D eigenvalue weighted by atomic mass is 10.1. The molecule has 0 fully saturated rings. The minimum atomic E-state index is -0.00437. The van der Waals surface area contributed by atoms with Crippen LogP contribution < -0.4 is 20.1 Å². The van der Waals surface area contributed by atoms with Crippen LogP contribution in [0.2, 0.25) is 0 Å². The Labute approximate surface area is 170 Å². The Morgan fingerprint density at radius 3 is 2.52 bits per heavy atom. The molecule has 0 amide bonds. The van der Waals surface area contributed by atoms with Crippen LogP contribution in [0.4, 0.5) is 0 Å². The van der Waals surface area contributed by atoms with Crippen molar-refractivity contribution < 1.29 is 14.6 Å². The van der Waals surface area contributed by atoms with E-state index in [1.807, 2.05) is 0 Å². The number of guanidine groups is 1. The number of methoxy groups -OCH3 is 2. The van der Waals surface area contributed by atoms with Crippen molar-refractivity contribution in [3.63, 3.8) is 0 Å². The third-order valence-electron chi connectivity index (χ3n) is 4.91. The molecule has 4 N–H and O–H groups in total. The average molecular weight is 396 g/mol. The van der Waals surface area contributed by atoms with E-state index in [0.717, 1.165) is 24.0 Å². The fourth-order valence-corrected chi connectivity index (χ4v) is 3.42. The molecule has 2 aromatic carbocycles. The van der Waals surface area contributed by atoms with Crippen LogP contribution >= 0.6 is 0 Å². The second-order valence-electron chi connectivity index (χ2n) is 6.76. The van der Waals surface area contributed by atoms with Crippen molar-refractivity contribution >= 4 is 16.9 Å². The summed E-state index contributed by atoms with van der Waals surface area (Å²) in [5, 5.41) is 17.9. The third-order valence-corrected chi connectivity index (χ3v) is 4.91. The van der Waals surface area contributed by atoms with Crippen molar-refractivity contribution in [2.75, 3.05) is 27.8 Å². The maximum absolute atomic E-state index is 10.0. The Bertz CT molecular complexity index is 985. The number of aliphatic imine (C=N–C) groups is 1. The van der Waals surface area contributed by atoms with Crippen LogP contribution in [0.25, 0.3) is 10.9 Å². The number of hydrogen-bond acceptors (Lipinski definition) is 4. The van der Waals surface area contributed by atoms with E-state index in [0.29, 0.717) is 24.0 Å². The number of aryl methyl sites for hydroxylation is 1. The number of H-pyrrole nitrogens is 1. The molecule has 0 bridgehead atoms. The molecule has 0 saturated heterocycles. The number of aromatic amines is 1. The van der Waals surface area contributed by atoms with Crippen LogP contribution in [0.5, 0.6) is 17.2 Å². The molecular weight excluding hydrogens is 368 g/mol. The number of aromatic nitrogens is 1. The van der Waals surface area contributed by atoms with Crippen LogP contribution in [0.3, 0.4) is 0 Å². The molecule has 0 saturated carbocycles. The van der Waals surface area contributed by atoms with Gasteiger partial charge < -0.3 is 30.2 Å². The van der Waals surface area contributed by atoms with Gasteiger partial charge in [0, 0.05) is 37.2 Å². The molecule has 7 nitrogen and oxygen atoms in total. The maximum Gasteiger partial charge on any atom is 0.200 e. The van der Waals surface area contributed by atoms with Crippen LogP contribution in [0.15, 0.2) is 41.5 Å². The Morgan fingerprint density at radius 2 is 1.86 bits per heavy atom. The zero-order valence-electron chi connectivity index (χ0n) is 17.3. The van der Waals surface area contributed by atoms with E-state index in [2.05, 4.69) is 51.9 Å². The van der Waals surface area contributed by atoms with Crippen molar-refractivity contribution in [3.05, 3.63) is 53.2 Å². The molecule has 3 rings (SSSR count). The summed E-state index contributed by atoms with van der Waals surface area (Å²) in [6.07, 6.45) is 2.96. The highest BCUT2D eigenvalue weighted by atomic mass is 16.5. The Hall–Kier alpha value is -3.35. The SMILES string of the molecule is CN=C(NCCc1c[nH]c2cccc(C)c12)NCc1cc(OC)c(O)c(OC)c1. The van der Waals surface area contributed by atoms with E-state index in [4.69, 9.17) is 9.47 Å². The largest absolute Gasteiger partial charge is 0.502 e. The molecule has 1 heterocycles. The van der Waals surface area contributed by atoms with Crippen LogP contribution in [-0.2, 0) is 13.0 Å². The minimum absolute atomic E-state index is 0.00437. The minimum Gasteiger partial charge on any atom is -0.502 e. The van der Waals surface area contributed by atoms with Crippen molar-refractivity contribution in [3.8, 4) is 17.2 Å². The molecule has 1 aromatic heterocycles. The predicted octanol–water partition coefficient (Wildman–Crippen LogP) is 3.11. The monoisotopic (exact) mass is 396 g/mol. The van der Waals surface area contributed by atoms with Crippen molar-refractivity contribution in [1.29, 1.82) is 0 Å². The summed E-state index contributed by atoms with van der Waals surface area (Å²) in [6, 6.07) is 9.84. The normalized spacial score (nSPS) is 11.5. The van der Waals surface area contributed by atoms with Gasteiger partial charge in [-0.3, -0.25) is 4.99 Å². The van der Waals surface area contributed by atoms with Crippen molar-refractivity contribution in [1.82, 2.24) is 15.6 Å². The zero-order chi connectivity index (χ0) is 20.8. The van der Waals surface area contributed by atoms with Crippen LogP contribution in [0.1, 0.15) is 16.7 Å². The van der Waals surface area contributed by atoms with Gasteiger partial charge in [-0.1, -0.05) is 12.1 Å². The first-order chi connectivity index (χ1) is 14.1. The lowest BCUT2D eigenvalue weighted by Crippen LogP contribution is -2.37. The van der Waals surface area contributed by atoms with Gasteiger partial charge in [-0.05, 0) is 48.2 Å². The summed E-state index contributed by atoms with van der Waals surface area (Å²) in [5.74, 6) is 1.44. The molecule has 154 valence electrons. The predicted molar refractivity (Wildman–Crippen MR) is 116 cm³/mol. The Morgan fingerprint density at radius 1 is 1.14 bits per heavy atom. The van der Waals surface area contributed by atoms with E-state index in [-0.39, 0.29) is 5.75 Å². The molecule has 0 atom stereocenters. The fraction of sp³-hybridized carbons (Fsp3) is 0.318. The number of benzene rings is 2. The molecule has 0 aliphatic rings. The van der Waals surface area contributed by atoms with Gasteiger partial charge in [0.15, 0.2) is 17.5 Å². The first-order valence-electron chi connectivity index (χ1n) is 9.51. The molecule has 0 unspecified atom stereocenters. The van der Waals surface area contributed by atoms with Gasteiger partial charge in [0.2, 0.25) is 5.75 Å². The molecule has 0 spiro atoms. The molecule has 0 aliphatic heterocycles. The van der Waals surface area contributed by atoms with E-state index in [9.17, 15) is 5.11 Å². The number of phenolic OH excluding ortho intramolecular Hbond substituents is 1. The first kappa shape index (κ1) is 20.4. The fourth-order valence-electron chi connectivity index (χ4n) is 3.42. The summed E-state index contributed by atoms with van der Waals surface area (Å²) >= 11 is 0. The van der Waals surface area contributed by atoms with E-state index >= 15 is 0 Å². The molecule has 7 heteroatoms. The first-order valence-corrected chi connectivity index (χ1v) is 9.51. The van der Waals surface area contributed by atoms with Crippen molar-refractivity contribution in [2.45, 2.75) is 19.9 Å². The summed E-state index contributed by atoms with van der Waals surface area (Å²) in [6.45, 7) is 3.40. The van der Waals surface area contributed by atoms with Gasteiger partial charge in [-0.15, -0.1) is 0 Å². The molecule has 3 aromatic rings. The smallest absolute Gasteiger partial charge is 0.200 e. The summed E-state index contributed by atoms with van der Waals surface area (Å²) < 4.78 is 10.4. The molecule has 0 radical (unpaired) electrons. The van der Waals surface area contributed by atoms with E-state index in [1.165, 1.54) is 30.7 Å². The number of phenols is 1.